The molecule has 0 aliphatic carbocycles. The maximum absolute atomic E-state index is 13.6. The minimum atomic E-state index is -0.891. The van der Waals surface area contributed by atoms with Crippen LogP contribution in [0.1, 0.15) is 22.9 Å². The molecule has 29 heavy (non-hydrogen) atoms. The lowest BCUT2D eigenvalue weighted by Gasteiger charge is -2.40. The molecule has 2 aromatic carbocycles. The number of furan rings is 1. The predicted molar refractivity (Wildman–Crippen MR) is 110 cm³/mol. The van der Waals surface area contributed by atoms with Gasteiger partial charge in [0.2, 0.25) is 5.91 Å². The number of hydrogen-bond donors (Lipinski definition) is 0. The van der Waals surface area contributed by atoms with Crippen molar-refractivity contribution in [3.8, 4) is 5.75 Å². The summed E-state index contributed by atoms with van der Waals surface area (Å²) < 4.78 is 11.0. The number of amides is 2. The first-order valence-corrected chi connectivity index (χ1v) is 9.38. The normalized spacial score (nSPS) is 17.0. The van der Waals surface area contributed by atoms with E-state index in [9.17, 15) is 9.59 Å². The van der Waals surface area contributed by atoms with E-state index >= 15 is 0 Å². The van der Waals surface area contributed by atoms with E-state index in [4.69, 9.17) is 9.15 Å². The fourth-order valence-electron chi connectivity index (χ4n) is 3.79. The lowest BCUT2D eigenvalue weighted by atomic mass is 10.0. The number of nitrogens with zero attached hydrogens (tertiary/aromatic N) is 2. The van der Waals surface area contributed by atoms with Crippen LogP contribution in [0.25, 0.3) is 0 Å². The quantitative estimate of drug-likeness (QED) is 0.675. The molecular weight excluding hydrogens is 368 g/mol. The first-order valence-electron chi connectivity index (χ1n) is 9.38. The molecule has 1 aliphatic rings. The molecule has 4 rings (SSSR count). The van der Waals surface area contributed by atoms with Gasteiger partial charge in [-0.1, -0.05) is 29.8 Å². The average molecular weight is 390 g/mol. The standard InChI is InChI=1S/C23H22N2O4/c1-15-10-11-17(16(2)13-15)25-21(26)14-24(18-7-4-5-8-19(18)28-3)23(27)22(25)20-9-6-12-29-20/h4-13,22H,14H2,1-3H3/t22-/m0/s1. The molecule has 2 heterocycles. The predicted octanol–water partition coefficient (Wildman–Crippen LogP) is 4.03. The zero-order valence-corrected chi connectivity index (χ0v) is 16.6. The smallest absolute Gasteiger partial charge is 0.258 e. The van der Waals surface area contributed by atoms with Gasteiger partial charge in [0.05, 0.1) is 19.1 Å². The maximum atomic E-state index is 13.6. The number of methoxy groups -OCH3 is 1. The monoisotopic (exact) mass is 390 g/mol. The van der Waals surface area contributed by atoms with Crippen LogP contribution in [0, 0.1) is 13.8 Å². The second-order valence-corrected chi connectivity index (χ2v) is 7.07. The molecule has 1 aliphatic heterocycles. The highest BCUT2D eigenvalue weighted by atomic mass is 16.5. The maximum Gasteiger partial charge on any atom is 0.258 e. The van der Waals surface area contributed by atoms with Gasteiger partial charge in [-0.2, -0.15) is 0 Å². The van der Waals surface area contributed by atoms with Gasteiger partial charge in [-0.15, -0.1) is 0 Å². The molecule has 0 saturated carbocycles. The second kappa shape index (κ2) is 7.47. The largest absolute Gasteiger partial charge is 0.495 e. The molecule has 6 nitrogen and oxygen atoms in total. The van der Waals surface area contributed by atoms with Crippen molar-refractivity contribution in [3.05, 3.63) is 77.7 Å². The fourth-order valence-corrected chi connectivity index (χ4v) is 3.79. The summed E-state index contributed by atoms with van der Waals surface area (Å²) in [5, 5.41) is 0. The van der Waals surface area contributed by atoms with E-state index in [1.165, 1.54) is 11.2 Å². The highest BCUT2D eigenvalue weighted by molar-refractivity contribution is 6.15. The molecular formula is C23H22N2O4. The summed E-state index contributed by atoms with van der Waals surface area (Å²) in [6.07, 6.45) is 1.51. The molecule has 1 fully saturated rings. The van der Waals surface area contributed by atoms with Gasteiger partial charge in [0.25, 0.3) is 5.91 Å². The molecule has 2 amide bonds. The first kappa shape index (κ1) is 18.8. The minimum absolute atomic E-state index is 0.0796. The Balaban J connectivity index is 1.83. The van der Waals surface area contributed by atoms with Crippen LogP contribution in [0.5, 0.6) is 5.75 Å². The Labute approximate surface area is 169 Å². The van der Waals surface area contributed by atoms with Gasteiger partial charge in [0, 0.05) is 5.69 Å². The van der Waals surface area contributed by atoms with Crippen molar-refractivity contribution in [3.63, 3.8) is 0 Å². The molecule has 0 unspecified atom stereocenters. The molecule has 1 atom stereocenters. The Kier molecular flexibility index (Phi) is 4.84. The summed E-state index contributed by atoms with van der Waals surface area (Å²) in [5.74, 6) is 0.516. The van der Waals surface area contributed by atoms with Gasteiger partial charge < -0.3 is 9.15 Å². The number of hydrogen-bond acceptors (Lipinski definition) is 4. The third-order valence-electron chi connectivity index (χ3n) is 5.12. The van der Waals surface area contributed by atoms with Crippen LogP contribution in [0.2, 0.25) is 0 Å². The summed E-state index contributed by atoms with van der Waals surface area (Å²) in [5.41, 5.74) is 3.28. The average Bonchev–Trinajstić information content (AvgIpc) is 3.24. The third-order valence-corrected chi connectivity index (χ3v) is 5.12. The molecule has 0 spiro atoms. The Morgan fingerprint density at radius 3 is 2.48 bits per heavy atom. The van der Waals surface area contributed by atoms with Crippen molar-refractivity contribution < 1.29 is 18.7 Å². The molecule has 0 N–H and O–H groups in total. The van der Waals surface area contributed by atoms with E-state index in [2.05, 4.69) is 0 Å². The fraction of sp³-hybridized carbons (Fsp3) is 0.217. The van der Waals surface area contributed by atoms with Crippen LogP contribution < -0.4 is 14.5 Å². The minimum Gasteiger partial charge on any atom is -0.495 e. The van der Waals surface area contributed by atoms with Crippen molar-refractivity contribution in [2.45, 2.75) is 19.9 Å². The number of benzene rings is 2. The van der Waals surface area contributed by atoms with E-state index in [0.29, 0.717) is 22.9 Å². The Morgan fingerprint density at radius 2 is 1.79 bits per heavy atom. The summed E-state index contributed by atoms with van der Waals surface area (Å²) in [6, 6.07) is 15.5. The van der Waals surface area contributed by atoms with Gasteiger partial charge in [-0.05, 0) is 49.7 Å². The number of ether oxygens (including phenoxy) is 1. The highest BCUT2D eigenvalue weighted by Gasteiger charge is 2.44. The number of rotatable bonds is 4. The Bertz CT molecular complexity index is 1060. The molecule has 3 aromatic rings. The van der Waals surface area contributed by atoms with Crippen LogP contribution in [-0.4, -0.2) is 25.5 Å². The zero-order chi connectivity index (χ0) is 20.5. The van der Waals surface area contributed by atoms with Gasteiger partial charge in [-0.3, -0.25) is 19.4 Å². The number of aryl methyl sites for hydroxylation is 2. The van der Waals surface area contributed by atoms with Gasteiger partial charge in [0.15, 0.2) is 6.04 Å². The lowest BCUT2D eigenvalue weighted by molar-refractivity contribution is -0.129. The number of para-hydroxylation sites is 2. The van der Waals surface area contributed by atoms with E-state index in [1.807, 2.05) is 44.2 Å². The van der Waals surface area contributed by atoms with E-state index < -0.39 is 6.04 Å². The molecule has 148 valence electrons. The van der Waals surface area contributed by atoms with Crippen LogP contribution in [0.4, 0.5) is 11.4 Å². The summed E-state index contributed by atoms with van der Waals surface area (Å²) in [4.78, 5) is 29.9. The second-order valence-electron chi connectivity index (χ2n) is 7.07. The van der Waals surface area contributed by atoms with Crippen molar-refractivity contribution >= 4 is 23.2 Å². The molecule has 0 bridgehead atoms. The van der Waals surface area contributed by atoms with Crippen molar-refractivity contribution in [1.29, 1.82) is 0 Å². The van der Waals surface area contributed by atoms with Crippen molar-refractivity contribution in [1.82, 2.24) is 0 Å². The van der Waals surface area contributed by atoms with Gasteiger partial charge in [0.1, 0.15) is 18.1 Å². The molecule has 6 heteroatoms. The molecule has 0 radical (unpaired) electrons. The number of piperazine rings is 1. The van der Waals surface area contributed by atoms with Crippen LogP contribution >= 0.6 is 0 Å². The van der Waals surface area contributed by atoms with Crippen molar-refractivity contribution in [2.75, 3.05) is 23.5 Å². The topological polar surface area (TPSA) is 63.0 Å². The molecule has 1 aromatic heterocycles. The number of carbonyl (C=O) groups is 2. The summed E-state index contributed by atoms with van der Waals surface area (Å²) >= 11 is 0. The zero-order valence-electron chi connectivity index (χ0n) is 16.6. The lowest BCUT2D eigenvalue weighted by Crippen LogP contribution is -2.56. The van der Waals surface area contributed by atoms with Gasteiger partial charge in [-0.25, -0.2) is 0 Å². The van der Waals surface area contributed by atoms with E-state index in [-0.39, 0.29) is 18.4 Å². The van der Waals surface area contributed by atoms with Crippen LogP contribution in [0.3, 0.4) is 0 Å². The van der Waals surface area contributed by atoms with Crippen molar-refractivity contribution in [2.24, 2.45) is 0 Å². The number of carbonyl (C=O) groups excluding carboxylic acids is 2. The van der Waals surface area contributed by atoms with Crippen LogP contribution in [0.15, 0.2) is 65.3 Å². The van der Waals surface area contributed by atoms with E-state index in [1.54, 1.807) is 36.3 Å². The first-order chi connectivity index (χ1) is 14.0. The molecule has 1 saturated heterocycles. The van der Waals surface area contributed by atoms with Crippen LogP contribution in [-0.2, 0) is 9.59 Å². The third kappa shape index (κ3) is 3.27. The SMILES string of the molecule is COc1ccccc1N1CC(=O)N(c2ccc(C)cc2C)[C@@H](c2ccco2)C1=O. The summed E-state index contributed by atoms with van der Waals surface area (Å²) in [7, 11) is 1.54. The Morgan fingerprint density at radius 1 is 1.00 bits per heavy atom. The van der Waals surface area contributed by atoms with E-state index in [0.717, 1.165) is 11.1 Å². The highest BCUT2D eigenvalue weighted by Crippen LogP contribution is 2.38. The van der Waals surface area contributed by atoms with Gasteiger partial charge >= 0.3 is 0 Å². The summed E-state index contributed by atoms with van der Waals surface area (Å²) in [6.45, 7) is 3.85. The Hall–Kier alpha value is -3.54. The number of anilines is 2.